The topological polar surface area (TPSA) is 72.4 Å². The number of rotatable bonds is 5. The molecule has 0 saturated heterocycles. The highest BCUT2D eigenvalue weighted by molar-refractivity contribution is 5.93. The monoisotopic (exact) mass is 352 g/mol. The van der Waals surface area contributed by atoms with Gasteiger partial charge in [-0.3, -0.25) is 4.79 Å². The zero-order valence-corrected chi connectivity index (χ0v) is 13.3. The second-order valence-electron chi connectivity index (χ2n) is 5.41. The predicted octanol–water partition coefficient (Wildman–Crippen LogP) is 3.54. The highest BCUT2D eigenvalue weighted by atomic mass is 19.4. The van der Waals surface area contributed by atoms with Gasteiger partial charge >= 0.3 is 6.18 Å². The maximum atomic E-state index is 13.4. The summed E-state index contributed by atoms with van der Waals surface area (Å²) in [6.45, 7) is 2.40. The lowest BCUT2D eigenvalue weighted by Crippen LogP contribution is -2.25. The highest BCUT2D eigenvalue weighted by Gasteiger charge is 2.35. The number of hydrogen-bond acceptors (Lipinski definition) is 4. The van der Waals surface area contributed by atoms with Crippen LogP contribution >= 0.6 is 0 Å². The quantitative estimate of drug-likeness (QED) is 0.713. The molecule has 0 radical (unpaired) electrons. The van der Waals surface area contributed by atoms with Gasteiger partial charge in [-0.05, 0) is 24.6 Å². The number of furan rings is 1. The van der Waals surface area contributed by atoms with Crippen LogP contribution in [0.1, 0.15) is 35.9 Å². The van der Waals surface area contributed by atoms with Crippen molar-refractivity contribution in [2.75, 3.05) is 6.54 Å². The molecule has 1 N–H and O–H groups in total. The molecule has 1 amide bonds. The maximum absolute atomic E-state index is 13.4. The molecule has 0 aliphatic heterocycles. The van der Waals surface area contributed by atoms with Crippen LogP contribution in [-0.2, 0) is 6.18 Å². The van der Waals surface area contributed by atoms with Gasteiger partial charge in [-0.15, -0.1) is 0 Å². The van der Waals surface area contributed by atoms with Gasteiger partial charge in [-0.25, -0.2) is 9.50 Å². The fraction of sp³-hybridized carbons (Fsp3) is 0.312. The third kappa shape index (κ3) is 3.49. The van der Waals surface area contributed by atoms with E-state index in [1.165, 1.54) is 18.4 Å². The number of fused-ring (bicyclic) bond motifs is 1. The molecule has 0 atom stereocenters. The van der Waals surface area contributed by atoms with Crippen molar-refractivity contribution in [3.63, 3.8) is 0 Å². The van der Waals surface area contributed by atoms with E-state index in [-0.39, 0.29) is 22.8 Å². The standard InChI is InChI=1S/C16H15F3N4O2/c1-2-3-6-20-15(24)11-9-14-21-10(12-5-4-7-25-12)8-13(16(17,18)19)23(14)22-11/h4-5,7-9H,2-3,6H2,1H3,(H,20,24). The summed E-state index contributed by atoms with van der Waals surface area (Å²) in [6.07, 6.45) is -1.66. The molecule has 132 valence electrons. The molecule has 0 aliphatic rings. The van der Waals surface area contributed by atoms with Gasteiger partial charge in [0.15, 0.2) is 22.8 Å². The van der Waals surface area contributed by atoms with Crippen LogP contribution in [0.25, 0.3) is 17.1 Å². The van der Waals surface area contributed by atoms with E-state index in [4.69, 9.17) is 4.42 Å². The van der Waals surface area contributed by atoms with E-state index in [2.05, 4.69) is 15.4 Å². The molecule has 9 heteroatoms. The van der Waals surface area contributed by atoms with Crippen LogP contribution in [0.4, 0.5) is 13.2 Å². The Kier molecular flexibility index (Phi) is 4.47. The summed E-state index contributed by atoms with van der Waals surface area (Å²) in [5, 5.41) is 6.39. The number of nitrogens with one attached hydrogen (secondary N) is 1. The highest BCUT2D eigenvalue weighted by Crippen LogP contribution is 2.32. The molecule has 3 heterocycles. The molecular weight excluding hydrogens is 337 g/mol. The van der Waals surface area contributed by atoms with Crippen molar-refractivity contribution in [3.8, 4) is 11.5 Å². The molecule has 0 fully saturated rings. The lowest BCUT2D eigenvalue weighted by atomic mass is 10.2. The van der Waals surface area contributed by atoms with Crippen molar-refractivity contribution in [2.24, 2.45) is 0 Å². The summed E-state index contributed by atoms with van der Waals surface area (Å²) in [6, 6.07) is 5.13. The minimum absolute atomic E-state index is 0.0164. The molecular formula is C16H15F3N4O2. The van der Waals surface area contributed by atoms with Crippen LogP contribution in [0, 0.1) is 0 Å². The summed E-state index contributed by atoms with van der Waals surface area (Å²) in [5.41, 5.74) is -1.22. The average Bonchev–Trinajstić information content (AvgIpc) is 3.22. The van der Waals surface area contributed by atoms with Crippen molar-refractivity contribution >= 4 is 11.6 Å². The lowest BCUT2D eigenvalue weighted by Gasteiger charge is -2.09. The van der Waals surface area contributed by atoms with Crippen LogP contribution in [0.3, 0.4) is 0 Å². The van der Waals surface area contributed by atoms with Crippen LogP contribution in [0.15, 0.2) is 34.9 Å². The number of halogens is 3. The molecule has 3 aromatic heterocycles. The second kappa shape index (κ2) is 6.58. The first-order valence-corrected chi connectivity index (χ1v) is 7.70. The van der Waals surface area contributed by atoms with Crippen LogP contribution < -0.4 is 5.32 Å². The number of unbranched alkanes of at least 4 members (excludes halogenated alkanes) is 1. The Balaban J connectivity index is 2.06. The number of carbonyl (C=O) groups excluding carboxylic acids is 1. The van der Waals surface area contributed by atoms with Gasteiger partial charge < -0.3 is 9.73 Å². The molecule has 3 aromatic rings. The molecule has 0 aliphatic carbocycles. The van der Waals surface area contributed by atoms with Gasteiger partial charge in [0.05, 0.1) is 6.26 Å². The van der Waals surface area contributed by atoms with Gasteiger partial charge in [0.2, 0.25) is 0 Å². The summed E-state index contributed by atoms with van der Waals surface area (Å²) in [7, 11) is 0. The molecule has 3 rings (SSSR count). The lowest BCUT2D eigenvalue weighted by molar-refractivity contribution is -0.142. The van der Waals surface area contributed by atoms with Crippen LogP contribution in [-0.4, -0.2) is 27.0 Å². The third-order valence-corrected chi connectivity index (χ3v) is 3.54. The Morgan fingerprint density at radius 1 is 1.36 bits per heavy atom. The first-order chi connectivity index (χ1) is 11.9. The molecule has 0 spiro atoms. The predicted molar refractivity (Wildman–Crippen MR) is 82.9 cm³/mol. The minimum atomic E-state index is -4.66. The maximum Gasteiger partial charge on any atom is 0.433 e. The van der Waals surface area contributed by atoms with Crippen molar-refractivity contribution in [3.05, 3.63) is 41.9 Å². The minimum Gasteiger partial charge on any atom is -0.463 e. The number of aromatic nitrogens is 3. The zero-order valence-electron chi connectivity index (χ0n) is 13.3. The largest absolute Gasteiger partial charge is 0.463 e. The SMILES string of the molecule is CCCCNC(=O)c1cc2nc(-c3ccco3)cc(C(F)(F)F)n2n1. The molecule has 0 bridgehead atoms. The molecule has 0 aromatic carbocycles. The van der Waals surface area contributed by atoms with Gasteiger partial charge in [0.25, 0.3) is 5.91 Å². The fourth-order valence-electron chi connectivity index (χ4n) is 2.31. The zero-order chi connectivity index (χ0) is 18.0. The summed E-state index contributed by atoms with van der Waals surface area (Å²) < 4.78 is 45.9. The first-order valence-electron chi connectivity index (χ1n) is 7.70. The van der Waals surface area contributed by atoms with E-state index in [0.717, 1.165) is 18.9 Å². The molecule has 0 saturated carbocycles. The smallest absolute Gasteiger partial charge is 0.433 e. The van der Waals surface area contributed by atoms with E-state index >= 15 is 0 Å². The summed E-state index contributed by atoms with van der Waals surface area (Å²) in [5.74, 6) is -0.338. The van der Waals surface area contributed by atoms with Gasteiger partial charge in [-0.1, -0.05) is 13.3 Å². The van der Waals surface area contributed by atoms with Crippen molar-refractivity contribution in [1.29, 1.82) is 0 Å². The molecule has 6 nitrogen and oxygen atoms in total. The molecule has 25 heavy (non-hydrogen) atoms. The van der Waals surface area contributed by atoms with Crippen molar-refractivity contribution in [1.82, 2.24) is 19.9 Å². The van der Waals surface area contributed by atoms with Crippen molar-refractivity contribution < 1.29 is 22.4 Å². The summed E-state index contributed by atoms with van der Waals surface area (Å²) >= 11 is 0. The van der Waals surface area contributed by atoms with E-state index in [1.54, 1.807) is 6.07 Å². The summed E-state index contributed by atoms with van der Waals surface area (Å²) in [4.78, 5) is 16.2. The Labute approximate surface area is 140 Å². The number of amides is 1. The Morgan fingerprint density at radius 3 is 2.80 bits per heavy atom. The van der Waals surface area contributed by atoms with Gasteiger partial charge in [0, 0.05) is 12.6 Å². The number of hydrogen-bond donors (Lipinski definition) is 1. The van der Waals surface area contributed by atoms with E-state index in [9.17, 15) is 18.0 Å². The second-order valence-corrected chi connectivity index (χ2v) is 5.41. The van der Waals surface area contributed by atoms with Crippen LogP contribution in [0.5, 0.6) is 0 Å². The van der Waals surface area contributed by atoms with E-state index in [1.807, 2.05) is 6.92 Å². The van der Waals surface area contributed by atoms with E-state index < -0.39 is 17.8 Å². The Bertz CT molecular complexity index is 885. The Hall–Kier alpha value is -2.84. The number of nitrogens with zero attached hydrogens (tertiary/aromatic N) is 3. The molecule has 0 unspecified atom stereocenters. The first kappa shape index (κ1) is 17.0. The third-order valence-electron chi connectivity index (χ3n) is 3.54. The van der Waals surface area contributed by atoms with Crippen LogP contribution in [0.2, 0.25) is 0 Å². The number of carbonyl (C=O) groups is 1. The van der Waals surface area contributed by atoms with Gasteiger partial charge in [0.1, 0.15) is 5.69 Å². The Morgan fingerprint density at radius 2 is 2.16 bits per heavy atom. The normalized spacial score (nSPS) is 11.8. The number of alkyl halides is 3. The van der Waals surface area contributed by atoms with Gasteiger partial charge in [-0.2, -0.15) is 18.3 Å². The average molecular weight is 352 g/mol. The fourth-order valence-corrected chi connectivity index (χ4v) is 2.31. The van der Waals surface area contributed by atoms with Crippen molar-refractivity contribution in [2.45, 2.75) is 25.9 Å². The van der Waals surface area contributed by atoms with E-state index in [0.29, 0.717) is 11.1 Å².